The Bertz CT molecular complexity index is 1560. The Labute approximate surface area is 271 Å². The molecule has 46 heavy (non-hydrogen) atoms. The number of rotatable bonds is 16. The lowest BCUT2D eigenvalue weighted by atomic mass is 9.72. The normalized spacial score (nSPS) is 16.9. The molecule has 0 bridgehead atoms. The van der Waals surface area contributed by atoms with E-state index >= 15 is 0 Å². The second-order valence-corrected chi connectivity index (χ2v) is 13.8. The lowest BCUT2D eigenvalue weighted by Gasteiger charge is -2.34. The molecule has 6 atom stereocenters. The first-order valence-corrected chi connectivity index (χ1v) is 15.9. The highest BCUT2D eigenvalue weighted by atomic mass is 32.1. The zero-order chi connectivity index (χ0) is 34.4. The van der Waals surface area contributed by atoms with Gasteiger partial charge < -0.3 is 45.0 Å². The zero-order valence-electron chi connectivity index (χ0n) is 26.8. The first-order valence-electron chi connectivity index (χ1n) is 15.1. The molecule has 0 aliphatic heterocycles. The van der Waals surface area contributed by atoms with Gasteiger partial charge in [0, 0.05) is 33.3 Å². The van der Waals surface area contributed by atoms with E-state index in [-0.39, 0.29) is 37.3 Å². The molecule has 0 radical (unpaired) electrons. The summed E-state index contributed by atoms with van der Waals surface area (Å²) in [5, 5.41) is 59.8. The lowest BCUT2D eigenvalue weighted by Crippen LogP contribution is -2.50. The second kappa shape index (κ2) is 15.7. The maximum absolute atomic E-state index is 13.3. The number of esters is 2. The summed E-state index contributed by atoms with van der Waals surface area (Å²) in [7, 11) is 1.52. The van der Waals surface area contributed by atoms with Gasteiger partial charge in [-0.25, -0.2) is 0 Å². The van der Waals surface area contributed by atoms with Crippen molar-refractivity contribution in [2.75, 3.05) is 33.4 Å². The zero-order valence-corrected chi connectivity index (χ0v) is 27.6. The summed E-state index contributed by atoms with van der Waals surface area (Å²) >= 11 is 1.47. The highest BCUT2D eigenvalue weighted by Crippen LogP contribution is 2.39. The van der Waals surface area contributed by atoms with Crippen LogP contribution < -0.4 is 10.2 Å². The predicted molar refractivity (Wildman–Crippen MR) is 174 cm³/mol. The molecule has 12 nitrogen and oxygen atoms in total. The highest BCUT2D eigenvalue weighted by molar-refractivity contribution is 7.24. The van der Waals surface area contributed by atoms with Gasteiger partial charge in [-0.05, 0) is 71.0 Å². The summed E-state index contributed by atoms with van der Waals surface area (Å²) < 4.78 is 12.8. The number of carbonyl (C=O) groups is 2. The third kappa shape index (κ3) is 9.07. The van der Waals surface area contributed by atoms with Crippen LogP contribution in [-0.4, -0.2) is 111 Å². The summed E-state index contributed by atoms with van der Waals surface area (Å²) in [5.41, 5.74) is -2.39. The lowest BCUT2D eigenvalue weighted by molar-refractivity contribution is -0.162. The van der Waals surface area contributed by atoms with Crippen LogP contribution in [-0.2, 0) is 14.3 Å². The quantitative estimate of drug-likeness (QED) is 0.0735. The minimum Gasteiger partial charge on any atom is -0.462 e. The molecule has 0 aliphatic carbocycles. The molecule has 0 fully saturated rings. The summed E-state index contributed by atoms with van der Waals surface area (Å²) in [6.07, 6.45) is -7.41. The van der Waals surface area contributed by atoms with Crippen molar-refractivity contribution in [2.24, 2.45) is 10.8 Å². The van der Waals surface area contributed by atoms with Crippen molar-refractivity contribution in [3.05, 3.63) is 52.7 Å². The molecule has 0 amide bonds. The van der Waals surface area contributed by atoms with Crippen LogP contribution in [0.25, 0.3) is 20.2 Å². The van der Waals surface area contributed by atoms with Crippen LogP contribution in [0.3, 0.4) is 0 Å². The van der Waals surface area contributed by atoms with E-state index in [1.54, 1.807) is 58.0 Å². The van der Waals surface area contributed by atoms with E-state index in [9.17, 15) is 39.9 Å². The van der Waals surface area contributed by atoms with Gasteiger partial charge in [0.05, 0.1) is 23.5 Å². The largest absolute Gasteiger partial charge is 0.462 e. The smallest absolute Gasteiger partial charge is 0.316 e. The van der Waals surface area contributed by atoms with Gasteiger partial charge in [-0.1, -0.05) is 19.1 Å². The maximum atomic E-state index is 13.3. The Kier molecular flexibility index (Phi) is 12.8. The molecule has 1 heterocycles. The average Bonchev–Trinajstić information content (AvgIpc) is 3.02. The number of carbonyl (C=O) groups excluding carboxylic acids is 2. The standard InChI is InChI=1S/C33H45NO11S/c1-6-33(4,31(43)44-17-19(36)14-34(5)15-23(37)28(40)29(41)24(38)16-35)18-32(2,3)30(42)45-20-11-12-26-22(13-20)27(39)21-9-7-8-10-25(21)46-26/h7-13,19,23-24,28-29,35-38,40-41H,6,14-18H2,1-5H3. The Hall–Kier alpha value is -3.01. The number of likely N-dealkylation sites (N-methyl/N-ethyl adjacent to an activating group) is 1. The van der Waals surface area contributed by atoms with E-state index in [0.717, 1.165) is 9.40 Å². The number of ether oxygens (including phenoxy) is 2. The van der Waals surface area contributed by atoms with Crippen molar-refractivity contribution in [3.63, 3.8) is 0 Å². The molecule has 254 valence electrons. The number of hydrogen-bond acceptors (Lipinski definition) is 13. The van der Waals surface area contributed by atoms with Crippen molar-refractivity contribution < 1.29 is 49.7 Å². The van der Waals surface area contributed by atoms with Crippen molar-refractivity contribution in [2.45, 2.75) is 71.1 Å². The van der Waals surface area contributed by atoms with Crippen LogP contribution in [0.2, 0.25) is 0 Å². The molecular weight excluding hydrogens is 618 g/mol. The topological polar surface area (TPSA) is 194 Å². The van der Waals surface area contributed by atoms with Crippen molar-refractivity contribution in [1.82, 2.24) is 4.90 Å². The Morgan fingerprint density at radius 2 is 1.52 bits per heavy atom. The average molecular weight is 664 g/mol. The molecule has 6 N–H and O–H groups in total. The fraction of sp³-hybridized carbons (Fsp3) is 0.545. The molecule has 3 aromatic rings. The maximum Gasteiger partial charge on any atom is 0.316 e. The van der Waals surface area contributed by atoms with Gasteiger partial charge in [0.1, 0.15) is 36.8 Å². The Morgan fingerprint density at radius 3 is 2.17 bits per heavy atom. The summed E-state index contributed by atoms with van der Waals surface area (Å²) in [4.78, 5) is 41.0. The second-order valence-electron chi connectivity index (χ2n) is 12.7. The minimum atomic E-state index is -1.77. The van der Waals surface area contributed by atoms with Crippen molar-refractivity contribution >= 4 is 43.4 Å². The van der Waals surface area contributed by atoms with E-state index < -0.39 is 59.9 Å². The first kappa shape index (κ1) is 37.4. The minimum absolute atomic E-state index is 0.0657. The molecule has 2 aromatic carbocycles. The molecule has 0 aliphatic rings. The van der Waals surface area contributed by atoms with Gasteiger partial charge in [-0.15, -0.1) is 11.3 Å². The van der Waals surface area contributed by atoms with Crippen LogP contribution in [0.1, 0.15) is 40.5 Å². The summed E-state index contributed by atoms with van der Waals surface area (Å²) in [6.45, 7) is 5.33. The third-order valence-electron chi connectivity index (χ3n) is 8.17. The molecule has 0 saturated heterocycles. The summed E-state index contributed by atoms with van der Waals surface area (Å²) in [5.74, 6) is -0.991. The molecular formula is C33H45NO11S. The molecule has 0 saturated carbocycles. The Morgan fingerprint density at radius 1 is 0.891 bits per heavy atom. The molecule has 1 aromatic heterocycles. The van der Waals surface area contributed by atoms with Gasteiger partial charge in [-0.2, -0.15) is 0 Å². The van der Waals surface area contributed by atoms with Crippen molar-refractivity contribution in [3.8, 4) is 5.75 Å². The fourth-order valence-corrected chi connectivity index (χ4v) is 6.36. The van der Waals surface area contributed by atoms with Crippen LogP contribution in [0.15, 0.2) is 47.3 Å². The number of fused-ring (bicyclic) bond motifs is 2. The molecule has 6 unspecified atom stereocenters. The molecule has 0 spiro atoms. The molecule has 13 heteroatoms. The van der Waals surface area contributed by atoms with E-state index in [4.69, 9.17) is 14.6 Å². The number of hydrogen-bond donors (Lipinski definition) is 6. The van der Waals surface area contributed by atoms with Crippen molar-refractivity contribution in [1.29, 1.82) is 0 Å². The monoisotopic (exact) mass is 663 g/mol. The summed E-state index contributed by atoms with van der Waals surface area (Å²) in [6, 6.07) is 12.2. The highest BCUT2D eigenvalue weighted by Gasteiger charge is 2.43. The van der Waals surface area contributed by atoms with Crippen LogP contribution in [0, 0.1) is 10.8 Å². The number of nitrogens with zero attached hydrogens (tertiary/aromatic N) is 1. The first-order chi connectivity index (χ1) is 21.5. The van der Waals surface area contributed by atoms with Gasteiger partial charge in [-0.3, -0.25) is 14.4 Å². The number of benzene rings is 2. The van der Waals surface area contributed by atoms with E-state index in [1.165, 1.54) is 23.3 Å². The van der Waals surface area contributed by atoms with Crippen LogP contribution in [0.4, 0.5) is 0 Å². The van der Waals surface area contributed by atoms with Gasteiger partial charge in [0.15, 0.2) is 5.43 Å². The van der Waals surface area contributed by atoms with Gasteiger partial charge in [0.2, 0.25) is 0 Å². The fourth-order valence-electron chi connectivity index (χ4n) is 5.30. The SMILES string of the molecule is CCC(C)(CC(C)(C)C(=O)Oc1ccc2sc3ccccc3c(=O)c2c1)C(=O)OCC(O)CN(C)CC(O)C(O)C(O)C(O)CO. The predicted octanol–water partition coefficient (Wildman–Crippen LogP) is 1.42. The number of aliphatic hydroxyl groups excluding tert-OH is 6. The Balaban J connectivity index is 1.59. The number of aliphatic hydroxyl groups is 6. The van der Waals surface area contributed by atoms with E-state index in [2.05, 4.69) is 0 Å². The van der Waals surface area contributed by atoms with Crippen LogP contribution in [0.5, 0.6) is 5.75 Å². The van der Waals surface area contributed by atoms with E-state index in [1.807, 2.05) is 12.1 Å². The van der Waals surface area contributed by atoms with Gasteiger partial charge >= 0.3 is 11.9 Å². The van der Waals surface area contributed by atoms with E-state index in [0.29, 0.717) is 17.2 Å². The van der Waals surface area contributed by atoms with Gasteiger partial charge in [0.25, 0.3) is 0 Å². The third-order valence-corrected chi connectivity index (χ3v) is 9.32. The molecule has 3 rings (SSSR count). The van der Waals surface area contributed by atoms with Crippen LogP contribution >= 0.6 is 11.3 Å².